The zero-order valence-electron chi connectivity index (χ0n) is 8.19. The third-order valence-corrected chi connectivity index (χ3v) is 2.06. The van der Waals surface area contributed by atoms with E-state index in [2.05, 4.69) is 0 Å². The van der Waals surface area contributed by atoms with Gasteiger partial charge < -0.3 is 5.11 Å². The second kappa shape index (κ2) is 4.34. The highest BCUT2D eigenvalue weighted by atomic mass is 16.8. The van der Waals surface area contributed by atoms with Crippen molar-refractivity contribution in [3.63, 3.8) is 0 Å². The average molecular weight is 199 g/mol. The van der Waals surface area contributed by atoms with Crippen molar-refractivity contribution in [1.29, 1.82) is 0 Å². The van der Waals surface area contributed by atoms with E-state index in [-0.39, 0.29) is 12.8 Å². The average Bonchev–Trinajstić information content (AvgIpc) is 2.48. The molecule has 0 radical (unpaired) electrons. The van der Waals surface area contributed by atoms with Crippen molar-refractivity contribution >= 4 is 11.8 Å². The third-order valence-electron chi connectivity index (χ3n) is 2.06. The van der Waals surface area contributed by atoms with E-state index < -0.39 is 18.1 Å². The summed E-state index contributed by atoms with van der Waals surface area (Å²) < 4.78 is 0. The molecule has 14 heavy (non-hydrogen) atoms. The molecule has 1 heterocycles. The number of imide groups is 1. The first-order valence-electron chi connectivity index (χ1n) is 4.39. The molecule has 1 N–H and O–H groups in total. The molecule has 2 amide bonds. The van der Waals surface area contributed by atoms with Gasteiger partial charge in [0.1, 0.15) is 0 Å². The molecule has 1 aliphatic rings. The minimum absolute atomic E-state index is 0.153. The van der Waals surface area contributed by atoms with Gasteiger partial charge in [0.15, 0.2) is 0 Å². The molecule has 1 atom stereocenters. The smallest absolute Gasteiger partial charge is 0.254 e. The summed E-state index contributed by atoms with van der Waals surface area (Å²) in [6.45, 7) is 3.38. The highest BCUT2D eigenvalue weighted by Gasteiger charge is 2.32. The maximum absolute atomic E-state index is 11.1. The van der Waals surface area contributed by atoms with Gasteiger partial charge in [-0.3, -0.25) is 9.59 Å². The van der Waals surface area contributed by atoms with E-state index in [1.807, 2.05) is 0 Å². The number of carbonyl (C=O) groups excluding carboxylic acids is 2. The molecule has 0 aliphatic carbocycles. The highest BCUT2D eigenvalue weighted by molar-refractivity contribution is 6.00. The molecule has 78 valence electrons. The Morgan fingerprint density at radius 1 is 1.50 bits per heavy atom. The standard InChI is InChI=1S/C9H13NO4/c1-3-6(2)9(13)14-10-7(11)4-5-8(10)12/h3,9,13H,4-5H2,1-2H3. The zero-order chi connectivity index (χ0) is 10.7. The lowest BCUT2D eigenvalue weighted by atomic mass is 10.3. The van der Waals surface area contributed by atoms with Crippen molar-refractivity contribution < 1.29 is 19.5 Å². The van der Waals surface area contributed by atoms with E-state index in [1.54, 1.807) is 19.9 Å². The Labute approximate surface area is 81.9 Å². The molecule has 0 bridgehead atoms. The molecule has 5 nitrogen and oxygen atoms in total. The van der Waals surface area contributed by atoms with Gasteiger partial charge in [0.05, 0.1) is 0 Å². The van der Waals surface area contributed by atoms with Gasteiger partial charge in [-0.15, -0.1) is 0 Å². The Hall–Kier alpha value is -1.20. The van der Waals surface area contributed by atoms with Crippen LogP contribution in [-0.2, 0) is 14.4 Å². The molecular weight excluding hydrogens is 186 g/mol. The molecule has 0 saturated carbocycles. The van der Waals surface area contributed by atoms with Gasteiger partial charge in [-0.1, -0.05) is 6.08 Å². The number of amides is 2. The Balaban J connectivity index is 2.59. The first kappa shape index (κ1) is 10.9. The molecule has 5 heteroatoms. The molecule has 0 spiro atoms. The summed E-state index contributed by atoms with van der Waals surface area (Å²) in [5.41, 5.74) is 0.553. The molecule has 1 unspecified atom stereocenters. The molecule has 1 saturated heterocycles. The molecular formula is C9H13NO4. The number of hydroxylamine groups is 2. The van der Waals surface area contributed by atoms with E-state index in [4.69, 9.17) is 4.84 Å². The maximum atomic E-state index is 11.1. The number of rotatable bonds is 3. The summed E-state index contributed by atoms with van der Waals surface area (Å²) in [7, 11) is 0. The zero-order valence-corrected chi connectivity index (χ0v) is 8.19. The number of nitrogens with zero attached hydrogens (tertiary/aromatic N) is 1. The number of hydrogen-bond donors (Lipinski definition) is 1. The van der Waals surface area contributed by atoms with E-state index in [0.29, 0.717) is 10.6 Å². The Bertz CT molecular complexity index is 269. The topological polar surface area (TPSA) is 66.8 Å². The summed E-state index contributed by atoms with van der Waals surface area (Å²) in [6.07, 6.45) is 0.724. The predicted molar refractivity (Wildman–Crippen MR) is 47.6 cm³/mol. The Morgan fingerprint density at radius 3 is 2.43 bits per heavy atom. The minimum Gasteiger partial charge on any atom is -0.363 e. The van der Waals surface area contributed by atoms with Crippen LogP contribution in [0, 0.1) is 0 Å². The van der Waals surface area contributed by atoms with E-state index >= 15 is 0 Å². The van der Waals surface area contributed by atoms with E-state index in [1.165, 1.54) is 0 Å². The van der Waals surface area contributed by atoms with Gasteiger partial charge in [0.25, 0.3) is 11.8 Å². The van der Waals surface area contributed by atoms with Gasteiger partial charge in [-0.25, -0.2) is 4.84 Å². The molecule has 1 aliphatic heterocycles. The first-order chi connectivity index (χ1) is 6.56. The van der Waals surface area contributed by atoms with Crippen LogP contribution in [0.15, 0.2) is 11.6 Å². The van der Waals surface area contributed by atoms with E-state index in [0.717, 1.165) is 0 Å². The van der Waals surface area contributed by atoms with E-state index in [9.17, 15) is 14.7 Å². The molecule has 0 aromatic carbocycles. The van der Waals surface area contributed by atoms with Crippen molar-refractivity contribution in [1.82, 2.24) is 5.06 Å². The molecule has 1 fully saturated rings. The van der Waals surface area contributed by atoms with Gasteiger partial charge in [-0.05, 0) is 19.4 Å². The summed E-state index contributed by atoms with van der Waals surface area (Å²) in [4.78, 5) is 27.0. The number of hydrogen-bond acceptors (Lipinski definition) is 4. The summed E-state index contributed by atoms with van der Waals surface area (Å²) in [5, 5.41) is 10.0. The highest BCUT2D eigenvalue weighted by Crippen LogP contribution is 2.15. The number of carbonyl (C=O) groups is 2. The van der Waals surface area contributed by atoms with Crippen LogP contribution >= 0.6 is 0 Å². The molecule has 0 aromatic heterocycles. The predicted octanol–water partition coefficient (Wildman–Crippen LogP) is 0.352. The Kier molecular flexibility index (Phi) is 3.38. The lowest BCUT2D eigenvalue weighted by Crippen LogP contribution is -2.34. The monoisotopic (exact) mass is 199 g/mol. The summed E-state index contributed by atoms with van der Waals surface area (Å²) >= 11 is 0. The lowest BCUT2D eigenvalue weighted by Gasteiger charge is -2.18. The molecule has 1 rings (SSSR count). The van der Waals surface area contributed by atoms with Crippen LogP contribution in [0.25, 0.3) is 0 Å². The van der Waals surface area contributed by atoms with Crippen LogP contribution < -0.4 is 0 Å². The van der Waals surface area contributed by atoms with Gasteiger partial charge in [0, 0.05) is 12.8 Å². The van der Waals surface area contributed by atoms with Gasteiger partial charge in [0.2, 0.25) is 6.29 Å². The van der Waals surface area contributed by atoms with Crippen molar-refractivity contribution in [3.05, 3.63) is 11.6 Å². The fraction of sp³-hybridized carbons (Fsp3) is 0.556. The first-order valence-corrected chi connectivity index (χ1v) is 4.39. The van der Waals surface area contributed by atoms with Crippen molar-refractivity contribution in [2.45, 2.75) is 33.0 Å². The number of allylic oxidation sites excluding steroid dienone is 1. The minimum atomic E-state index is -1.23. The van der Waals surface area contributed by atoms with Crippen molar-refractivity contribution in [3.8, 4) is 0 Å². The van der Waals surface area contributed by atoms with Crippen LogP contribution in [0.5, 0.6) is 0 Å². The van der Waals surface area contributed by atoms with Crippen molar-refractivity contribution in [2.75, 3.05) is 0 Å². The second-order valence-electron chi connectivity index (χ2n) is 3.07. The SMILES string of the molecule is CC=C(C)C(O)ON1C(=O)CCC1=O. The third kappa shape index (κ3) is 2.18. The fourth-order valence-corrected chi connectivity index (χ4v) is 0.999. The number of aliphatic hydroxyl groups excluding tert-OH is 1. The van der Waals surface area contributed by atoms with Gasteiger partial charge >= 0.3 is 0 Å². The summed E-state index contributed by atoms with van der Waals surface area (Å²) in [5.74, 6) is -0.809. The summed E-state index contributed by atoms with van der Waals surface area (Å²) in [6, 6.07) is 0. The van der Waals surface area contributed by atoms with Crippen molar-refractivity contribution in [2.24, 2.45) is 0 Å². The van der Waals surface area contributed by atoms with Crippen LogP contribution in [0.3, 0.4) is 0 Å². The second-order valence-corrected chi connectivity index (χ2v) is 3.07. The largest absolute Gasteiger partial charge is 0.363 e. The van der Waals surface area contributed by atoms with Crippen LogP contribution in [0.1, 0.15) is 26.7 Å². The maximum Gasteiger partial charge on any atom is 0.254 e. The Morgan fingerprint density at radius 2 is 2.00 bits per heavy atom. The number of aliphatic hydroxyl groups is 1. The van der Waals surface area contributed by atoms with Gasteiger partial charge in [-0.2, -0.15) is 5.06 Å². The normalized spacial score (nSPS) is 20.5. The lowest BCUT2D eigenvalue weighted by molar-refractivity contribution is -0.232. The van der Waals surface area contributed by atoms with Crippen LogP contribution in [-0.4, -0.2) is 28.3 Å². The fourth-order valence-electron chi connectivity index (χ4n) is 0.999. The van der Waals surface area contributed by atoms with Crippen LogP contribution in [0.4, 0.5) is 0 Å². The quantitative estimate of drug-likeness (QED) is 0.404. The van der Waals surface area contributed by atoms with Crippen LogP contribution in [0.2, 0.25) is 0 Å². The molecule has 0 aromatic rings.